The zero-order valence-electron chi connectivity index (χ0n) is 8.00. The minimum Gasteiger partial charge on any atom is -0.393 e. The lowest BCUT2D eigenvalue weighted by atomic mass is 9.92. The van der Waals surface area contributed by atoms with Gasteiger partial charge >= 0.3 is 0 Å². The molecule has 71 valence electrons. The molecule has 0 spiro atoms. The Kier molecular flexibility index (Phi) is 4.62. The summed E-state index contributed by atoms with van der Waals surface area (Å²) < 4.78 is 0. The molecule has 1 fully saturated rings. The molecule has 1 radical (unpaired) electrons. The summed E-state index contributed by atoms with van der Waals surface area (Å²) in [6, 6.07) is 0. The highest BCUT2D eigenvalue weighted by molar-refractivity contribution is 4.68. The van der Waals surface area contributed by atoms with Crippen molar-refractivity contribution in [1.82, 2.24) is 5.32 Å². The Morgan fingerprint density at radius 1 is 1.42 bits per heavy atom. The van der Waals surface area contributed by atoms with Gasteiger partial charge in [0.05, 0.1) is 6.10 Å². The molecule has 2 nitrogen and oxygen atoms in total. The molecule has 0 amide bonds. The molecule has 1 N–H and O–H groups in total. The number of aliphatic hydroxyl groups excluding tert-OH is 1. The molecule has 12 heavy (non-hydrogen) atoms. The van der Waals surface area contributed by atoms with E-state index in [1.54, 1.807) is 0 Å². The fourth-order valence-electron chi connectivity index (χ4n) is 1.79. The molecule has 1 aliphatic heterocycles. The van der Waals surface area contributed by atoms with Crippen molar-refractivity contribution in [3.63, 3.8) is 0 Å². The second-order valence-corrected chi connectivity index (χ2v) is 3.89. The second-order valence-electron chi connectivity index (χ2n) is 3.89. The zero-order chi connectivity index (χ0) is 8.81. The van der Waals surface area contributed by atoms with Crippen LogP contribution < -0.4 is 5.32 Å². The third kappa shape index (κ3) is 4.07. The highest BCUT2D eigenvalue weighted by Crippen LogP contribution is 2.19. The minimum atomic E-state index is -0.113. The van der Waals surface area contributed by atoms with Crippen LogP contribution in [0, 0.1) is 5.92 Å². The molecular formula is C10H20NO. The summed E-state index contributed by atoms with van der Waals surface area (Å²) in [6.07, 6.45) is 5.88. The summed E-state index contributed by atoms with van der Waals surface area (Å²) >= 11 is 0. The fourth-order valence-corrected chi connectivity index (χ4v) is 1.79. The largest absolute Gasteiger partial charge is 0.393 e. The number of piperidine rings is 1. The SMILES string of the molecule is CC(O)CCCC1CC[N]CC1. The molecule has 1 heterocycles. The van der Waals surface area contributed by atoms with Gasteiger partial charge in [-0.15, -0.1) is 0 Å². The maximum atomic E-state index is 9.06. The lowest BCUT2D eigenvalue weighted by molar-refractivity contribution is 0.176. The van der Waals surface area contributed by atoms with Crippen LogP contribution in [0.25, 0.3) is 0 Å². The smallest absolute Gasteiger partial charge is 0.0512 e. The van der Waals surface area contributed by atoms with Gasteiger partial charge in [-0.25, -0.2) is 5.32 Å². The van der Waals surface area contributed by atoms with Crippen LogP contribution in [0.15, 0.2) is 0 Å². The molecule has 0 bridgehead atoms. The summed E-state index contributed by atoms with van der Waals surface area (Å²) in [5.74, 6) is 0.890. The number of hydrogen-bond acceptors (Lipinski definition) is 1. The predicted molar refractivity (Wildman–Crippen MR) is 50.1 cm³/mol. The summed E-state index contributed by atoms with van der Waals surface area (Å²) in [7, 11) is 0. The average Bonchev–Trinajstić information content (AvgIpc) is 2.05. The Balaban J connectivity index is 1.98. The normalized spacial score (nSPS) is 22.5. The Hall–Kier alpha value is -0.0800. The van der Waals surface area contributed by atoms with Gasteiger partial charge in [-0.2, -0.15) is 0 Å². The van der Waals surface area contributed by atoms with Gasteiger partial charge in [-0.1, -0.05) is 12.8 Å². The van der Waals surface area contributed by atoms with Gasteiger partial charge in [0.1, 0.15) is 0 Å². The third-order valence-electron chi connectivity index (χ3n) is 2.63. The van der Waals surface area contributed by atoms with Crippen LogP contribution in [0.2, 0.25) is 0 Å². The third-order valence-corrected chi connectivity index (χ3v) is 2.63. The summed E-state index contributed by atoms with van der Waals surface area (Å²) in [4.78, 5) is 0. The molecule has 1 aliphatic rings. The standard InChI is InChI=1S/C10H20NO/c1-9(12)3-2-4-10-5-7-11-8-6-10/h9-10,12H,2-8H2,1H3. The van der Waals surface area contributed by atoms with E-state index >= 15 is 0 Å². The van der Waals surface area contributed by atoms with Crippen molar-refractivity contribution in [3.05, 3.63) is 0 Å². The molecule has 1 rings (SSSR count). The molecule has 0 saturated carbocycles. The molecule has 0 aromatic heterocycles. The summed E-state index contributed by atoms with van der Waals surface area (Å²) in [5, 5.41) is 13.4. The van der Waals surface area contributed by atoms with Crippen molar-refractivity contribution >= 4 is 0 Å². The van der Waals surface area contributed by atoms with E-state index in [0.717, 1.165) is 25.4 Å². The van der Waals surface area contributed by atoms with Crippen LogP contribution in [0.3, 0.4) is 0 Å². The van der Waals surface area contributed by atoms with Crippen LogP contribution >= 0.6 is 0 Å². The Morgan fingerprint density at radius 2 is 2.08 bits per heavy atom. The van der Waals surface area contributed by atoms with Crippen LogP contribution in [0.5, 0.6) is 0 Å². The maximum absolute atomic E-state index is 9.06. The van der Waals surface area contributed by atoms with Crippen molar-refractivity contribution in [2.24, 2.45) is 5.92 Å². The average molecular weight is 170 g/mol. The van der Waals surface area contributed by atoms with Gasteiger partial charge in [-0.3, -0.25) is 0 Å². The fraction of sp³-hybridized carbons (Fsp3) is 1.00. The Labute approximate surface area is 75.4 Å². The predicted octanol–water partition coefficient (Wildman–Crippen LogP) is 1.55. The van der Waals surface area contributed by atoms with Crippen LogP contribution in [-0.4, -0.2) is 24.3 Å². The molecule has 0 aromatic carbocycles. The van der Waals surface area contributed by atoms with Crippen molar-refractivity contribution in [1.29, 1.82) is 0 Å². The van der Waals surface area contributed by atoms with Gasteiger partial charge in [0.15, 0.2) is 0 Å². The number of nitrogens with zero attached hydrogens (tertiary/aromatic N) is 1. The molecule has 0 aliphatic carbocycles. The molecule has 1 saturated heterocycles. The van der Waals surface area contributed by atoms with Crippen molar-refractivity contribution in [3.8, 4) is 0 Å². The highest BCUT2D eigenvalue weighted by atomic mass is 16.3. The van der Waals surface area contributed by atoms with Gasteiger partial charge in [0, 0.05) is 13.1 Å². The first-order valence-electron chi connectivity index (χ1n) is 5.10. The molecule has 1 atom stereocenters. The van der Waals surface area contributed by atoms with Crippen LogP contribution in [0.1, 0.15) is 39.0 Å². The number of hydrogen-bond donors (Lipinski definition) is 1. The highest BCUT2D eigenvalue weighted by Gasteiger charge is 2.12. The van der Waals surface area contributed by atoms with E-state index in [1.165, 1.54) is 25.7 Å². The molecular weight excluding hydrogens is 150 g/mol. The zero-order valence-corrected chi connectivity index (χ0v) is 8.00. The Morgan fingerprint density at radius 3 is 2.67 bits per heavy atom. The Bertz CT molecular complexity index is 108. The van der Waals surface area contributed by atoms with Crippen molar-refractivity contribution < 1.29 is 5.11 Å². The van der Waals surface area contributed by atoms with E-state index in [4.69, 9.17) is 5.11 Å². The van der Waals surface area contributed by atoms with Gasteiger partial charge in [0.25, 0.3) is 0 Å². The van der Waals surface area contributed by atoms with E-state index in [9.17, 15) is 0 Å². The first-order valence-corrected chi connectivity index (χ1v) is 5.10. The van der Waals surface area contributed by atoms with Gasteiger partial charge < -0.3 is 5.11 Å². The molecule has 0 aromatic rings. The van der Waals surface area contributed by atoms with E-state index < -0.39 is 0 Å². The lowest BCUT2D eigenvalue weighted by Crippen LogP contribution is -2.22. The lowest BCUT2D eigenvalue weighted by Gasteiger charge is -2.21. The summed E-state index contributed by atoms with van der Waals surface area (Å²) in [6.45, 7) is 4.01. The second kappa shape index (κ2) is 5.55. The minimum absolute atomic E-state index is 0.113. The van der Waals surface area contributed by atoms with Gasteiger partial charge in [-0.05, 0) is 32.1 Å². The van der Waals surface area contributed by atoms with Crippen LogP contribution in [0.4, 0.5) is 0 Å². The number of aliphatic hydroxyl groups is 1. The van der Waals surface area contributed by atoms with Crippen molar-refractivity contribution in [2.75, 3.05) is 13.1 Å². The summed E-state index contributed by atoms with van der Waals surface area (Å²) in [5.41, 5.74) is 0. The van der Waals surface area contributed by atoms with Crippen molar-refractivity contribution in [2.45, 2.75) is 45.1 Å². The maximum Gasteiger partial charge on any atom is 0.0512 e. The number of rotatable bonds is 4. The van der Waals surface area contributed by atoms with E-state index in [-0.39, 0.29) is 6.10 Å². The van der Waals surface area contributed by atoms with Gasteiger partial charge in [0.2, 0.25) is 0 Å². The van der Waals surface area contributed by atoms with E-state index in [0.29, 0.717) is 0 Å². The van der Waals surface area contributed by atoms with E-state index in [1.807, 2.05) is 6.92 Å². The first kappa shape index (κ1) is 10.0. The molecule has 2 heteroatoms. The monoisotopic (exact) mass is 170 g/mol. The molecule has 1 unspecified atom stereocenters. The topological polar surface area (TPSA) is 34.3 Å². The van der Waals surface area contributed by atoms with E-state index in [2.05, 4.69) is 5.32 Å². The quantitative estimate of drug-likeness (QED) is 0.682. The first-order chi connectivity index (χ1) is 5.79. The van der Waals surface area contributed by atoms with Crippen LogP contribution in [-0.2, 0) is 0 Å².